The minimum absolute atomic E-state index is 0. The normalized spacial score (nSPS) is 7.71. The van der Waals surface area contributed by atoms with Crippen molar-refractivity contribution in [3.05, 3.63) is 58.6 Å². The summed E-state index contributed by atoms with van der Waals surface area (Å²) >= 11 is 3.20. The van der Waals surface area contributed by atoms with Crippen molar-refractivity contribution in [1.82, 2.24) is 0 Å². The predicted octanol–water partition coefficient (Wildman–Crippen LogP) is 3.44. The van der Waals surface area contributed by atoms with Gasteiger partial charge in [0.15, 0.2) is 0 Å². The van der Waals surface area contributed by atoms with E-state index in [2.05, 4.69) is 15.9 Å². The molecule has 0 amide bonds. The van der Waals surface area contributed by atoms with E-state index in [1.807, 2.05) is 48.5 Å². The van der Waals surface area contributed by atoms with Gasteiger partial charge in [0, 0.05) is 6.07 Å². The second-order valence-corrected chi connectivity index (χ2v) is 3.22. The largest absolute Gasteiger partial charge is 2.00 e. The maximum atomic E-state index is 8.33. The van der Waals surface area contributed by atoms with Crippen molar-refractivity contribution in [3.63, 3.8) is 0 Å². The van der Waals surface area contributed by atoms with Crippen molar-refractivity contribution in [3.8, 4) is 6.07 Å². The molecule has 2 aromatic rings. The number of nitrogens with zero attached hydrogens (tertiary/aromatic N) is 1. The molecule has 0 fully saturated rings. The van der Waals surface area contributed by atoms with Gasteiger partial charge >= 0.3 is 17.1 Å². The molecule has 14 heavy (non-hydrogen) atoms. The van der Waals surface area contributed by atoms with Gasteiger partial charge in [-0.15, -0.1) is 0 Å². The minimum atomic E-state index is 0. The van der Waals surface area contributed by atoms with Crippen molar-refractivity contribution in [1.29, 1.82) is 5.26 Å². The van der Waals surface area contributed by atoms with Crippen molar-refractivity contribution < 1.29 is 17.1 Å². The number of nitriles is 1. The zero-order chi connectivity index (χ0) is 9.52. The molecule has 0 saturated heterocycles. The van der Waals surface area contributed by atoms with Crippen LogP contribution in [0.5, 0.6) is 0 Å². The predicted molar refractivity (Wildman–Crippen MR) is 56.5 cm³/mol. The van der Waals surface area contributed by atoms with E-state index >= 15 is 0 Å². The van der Waals surface area contributed by atoms with Gasteiger partial charge in [-0.1, -0.05) is 20.4 Å². The van der Waals surface area contributed by atoms with Crippen molar-refractivity contribution in [2.24, 2.45) is 0 Å². The summed E-state index contributed by atoms with van der Waals surface area (Å²) in [5.41, 5.74) is 0.699. The van der Waals surface area contributed by atoms with Crippen LogP contribution in [0.3, 0.4) is 0 Å². The van der Waals surface area contributed by atoms with Crippen LogP contribution in [0.15, 0.2) is 53.0 Å². The first-order chi connectivity index (χ1) is 6.34. The summed E-state index contributed by atoms with van der Waals surface area (Å²) in [5, 5.41) is 8.33. The monoisotopic (exact) mass is 289 g/mol. The summed E-state index contributed by atoms with van der Waals surface area (Å²) < 4.78 is 0.875. The van der Waals surface area contributed by atoms with Gasteiger partial charge in [-0.3, -0.25) is 0 Å². The summed E-state index contributed by atoms with van der Waals surface area (Å²) in [6.07, 6.45) is 0. The summed E-state index contributed by atoms with van der Waals surface area (Å²) in [5.74, 6) is 0. The third-order valence-corrected chi connectivity index (χ3v) is 2.13. The fourth-order valence-corrected chi connectivity index (χ4v) is 1.18. The molecule has 0 aromatic heterocycles. The van der Waals surface area contributed by atoms with Crippen LogP contribution in [0.4, 0.5) is 0 Å². The van der Waals surface area contributed by atoms with Gasteiger partial charge in [0.2, 0.25) is 0 Å². The third-order valence-electron chi connectivity index (χ3n) is 1.44. The van der Waals surface area contributed by atoms with E-state index in [9.17, 15) is 0 Å². The van der Waals surface area contributed by atoms with Crippen LogP contribution >= 0.6 is 15.9 Å². The number of hydrogen-bond donors (Lipinski definition) is 0. The van der Waals surface area contributed by atoms with E-state index in [0.29, 0.717) is 5.56 Å². The Kier molecular flexibility index (Phi) is 7.14. The SMILES string of the molecule is N#C[c-]1cccc1Br.[Fe+2].c1cc[cH-]c1. The molecule has 0 saturated carbocycles. The fraction of sp³-hybridized carbons (Fsp3) is 0. The Morgan fingerprint density at radius 1 is 1.29 bits per heavy atom. The van der Waals surface area contributed by atoms with Crippen LogP contribution in [0.1, 0.15) is 5.56 Å². The maximum absolute atomic E-state index is 8.33. The first-order valence-electron chi connectivity index (χ1n) is 3.82. The van der Waals surface area contributed by atoms with Crippen LogP contribution < -0.4 is 0 Å². The van der Waals surface area contributed by atoms with Gasteiger partial charge in [-0.05, 0) is 5.56 Å². The molecule has 72 valence electrons. The van der Waals surface area contributed by atoms with Gasteiger partial charge in [-0.25, -0.2) is 23.5 Å². The van der Waals surface area contributed by atoms with Crippen molar-refractivity contribution in [2.75, 3.05) is 0 Å². The molecule has 1 nitrogen and oxygen atoms in total. The van der Waals surface area contributed by atoms with E-state index in [0.717, 1.165) is 4.47 Å². The molecule has 0 aliphatic rings. The number of halogens is 1. The molecule has 0 unspecified atom stereocenters. The quantitative estimate of drug-likeness (QED) is 0.538. The Hall–Kier alpha value is -0.811. The van der Waals surface area contributed by atoms with E-state index in [4.69, 9.17) is 5.26 Å². The first-order valence-corrected chi connectivity index (χ1v) is 4.62. The second-order valence-electron chi connectivity index (χ2n) is 2.36. The first kappa shape index (κ1) is 13.2. The molecule has 3 heteroatoms. The van der Waals surface area contributed by atoms with Crippen molar-refractivity contribution in [2.45, 2.75) is 0 Å². The molecule has 0 heterocycles. The third kappa shape index (κ3) is 4.43. The summed E-state index contributed by atoms with van der Waals surface area (Å²) in [6.45, 7) is 0. The zero-order valence-electron chi connectivity index (χ0n) is 7.30. The molecule has 0 N–H and O–H groups in total. The number of hydrogen-bond acceptors (Lipinski definition) is 1. The zero-order valence-corrected chi connectivity index (χ0v) is 9.99. The Balaban J connectivity index is 0.000000246. The molecule has 2 rings (SSSR count). The van der Waals surface area contributed by atoms with Crippen LogP contribution in [0, 0.1) is 11.3 Å². The average molecular weight is 290 g/mol. The van der Waals surface area contributed by atoms with E-state index < -0.39 is 0 Å². The van der Waals surface area contributed by atoms with Gasteiger partial charge in [0.1, 0.15) is 0 Å². The van der Waals surface area contributed by atoms with Gasteiger partial charge in [0.05, 0.1) is 0 Å². The Morgan fingerprint density at radius 2 is 1.93 bits per heavy atom. The Bertz CT molecular complexity index is 353. The number of rotatable bonds is 0. The minimum Gasteiger partial charge on any atom is -0.214 e. The fourth-order valence-electron chi connectivity index (χ4n) is 0.810. The summed E-state index contributed by atoms with van der Waals surface area (Å²) in [4.78, 5) is 0. The Labute approximate surface area is 103 Å². The van der Waals surface area contributed by atoms with Crippen LogP contribution in [0.25, 0.3) is 0 Å². The van der Waals surface area contributed by atoms with Crippen LogP contribution in [0.2, 0.25) is 0 Å². The Morgan fingerprint density at radius 3 is 2.14 bits per heavy atom. The summed E-state index contributed by atoms with van der Waals surface area (Å²) in [6, 6.07) is 17.5. The van der Waals surface area contributed by atoms with Crippen molar-refractivity contribution >= 4 is 15.9 Å². The molecule has 0 atom stereocenters. The van der Waals surface area contributed by atoms with Gasteiger partial charge < -0.3 is 0 Å². The summed E-state index contributed by atoms with van der Waals surface area (Å²) in [7, 11) is 0. The average Bonchev–Trinajstić information content (AvgIpc) is 2.76. The van der Waals surface area contributed by atoms with E-state index in [1.165, 1.54) is 0 Å². The molecule has 0 radical (unpaired) electrons. The van der Waals surface area contributed by atoms with E-state index in [-0.39, 0.29) is 17.1 Å². The molecule has 2 aromatic carbocycles. The second kappa shape index (κ2) is 7.58. The smallest absolute Gasteiger partial charge is 0.214 e. The molecule has 0 aliphatic heterocycles. The topological polar surface area (TPSA) is 23.8 Å². The molecule has 0 bridgehead atoms. The van der Waals surface area contributed by atoms with Crippen LogP contribution in [-0.4, -0.2) is 0 Å². The molecule has 0 aliphatic carbocycles. The van der Waals surface area contributed by atoms with E-state index in [1.54, 1.807) is 6.07 Å². The maximum Gasteiger partial charge on any atom is 2.00 e. The molecular weight excluding hydrogens is 282 g/mol. The standard InChI is InChI=1S/C6H3BrN.C5H5.Fe/c7-6-3-1-2-5(6)4-8;1-2-4-5-3-1;/h1-3H;1-5H;/q2*-1;+2. The van der Waals surface area contributed by atoms with Gasteiger partial charge in [-0.2, -0.15) is 30.3 Å². The molecular formula is C11H8BrFeN. The van der Waals surface area contributed by atoms with Crippen LogP contribution in [-0.2, 0) is 17.1 Å². The van der Waals surface area contributed by atoms with Gasteiger partial charge in [0.25, 0.3) is 0 Å². The molecule has 0 spiro atoms.